The maximum absolute atomic E-state index is 12.6. The van der Waals surface area contributed by atoms with E-state index in [-0.39, 0.29) is 15.0 Å². The van der Waals surface area contributed by atoms with Crippen LogP contribution in [-0.4, -0.2) is 27.9 Å². The fourth-order valence-corrected chi connectivity index (χ4v) is 3.84. The summed E-state index contributed by atoms with van der Waals surface area (Å²) in [5, 5.41) is 2.46. The number of nitrogens with one attached hydrogen (secondary N) is 2. The molecule has 0 saturated carbocycles. The first kappa shape index (κ1) is 22.5. The Morgan fingerprint density at radius 3 is 2.35 bits per heavy atom. The van der Waals surface area contributed by atoms with Crippen molar-refractivity contribution in [2.24, 2.45) is 5.92 Å². The summed E-state index contributed by atoms with van der Waals surface area (Å²) in [7, 11) is -1.98. The number of amides is 2. The number of hydrogen-bond donors (Lipinski definition) is 2. The zero-order valence-corrected chi connectivity index (χ0v) is 16.9. The molecule has 2 atom stereocenters. The Bertz CT molecular complexity index is 657. The smallest absolute Gasteiger partial charge is 0.408 e. The summed E-state index contributed by atoms with van der Waals surface area (Å²) in [5.74, 6) is -0.601. The van der Waals surface area contributed by atoms with Crippen molar-refractivity contribution in [3.05, 3.63) is 17.0 Å². The van der Waals surface area contributed by atoms with Gasteiger partial charge in [0.2, 0.25) is 0 Å². The number of carbonyl (C=O) groups is 2. The summed E-state index contributed by atoms with van der Waals surface area (Å²) in [5.41, 5.74) is -0.728. The lowest BCUT2D eigenvalue weighted by Gasteiger charge is -2.24. The van der Waals surface area contributed by atoms with Gasteiger partial charge in [-0.3, -0.25) is 9.52 Å². The van der Waals surface area contributed by atoms with Crippen molar-refractivity contribution in [2.45, 2.75) is 63.3 Å². The van der Waals surface area contributed by atoms with Gasteiger partial charge >= 0.3 is 6.09 Å². The number of halogens is 2. The van der Waals surface area contributed by atoms with Crippen LogP contribution in [0.4, 0.5) is 13.6 Å². The number of alkyl halides is 2. The Kier molecular flexibility index (Phi) is 8.14. The van der Waals surface area contributed by atoms with Crippen molar-refractivity contribution in [3.8, 4) is 0 Å². The van der Waals surface area contributed by atoms with Crippen molar-refractivity contribution >= 4 is 34.3 Å². The van der Waals surface area contributed by atoms with E-state index in [1.54, 1.807) is 20.8 Å². The van der Waals surface area contributed by atoms with Crippen LogP contribution in [0.3, 0.4) is 0 Å². The molecule has 1 unspecified atom stereocenters. The Labute approximate surface area is 158 Å². The monoisotopic (exact) mass is 410 g/mol. The lowest BCUT2D eigenvalue weighted by atomic mass is 10.0. The van der Waals surface area contributed by atoms with Gasteiger partial charge in [-0.25, -0.2) is 17.8 Å². The number of carbonyl (C=O) groups excluding carboxylic acids is 2. The van der Waals surface area contributed by atoms with E-state index in [2.05, 4.69) is 10.0 Å². The Morgan fingerprint density at radius 1 is 1.27 bits per heavy atom. The van der Waals surface area contributed by atoms with E-state index in [9.17, 15) is 22.6 Å². The SMILES string of the molecule is CC(C)C[C@H](NC(=O)OC(C)(C)C)C(=O)NS(=O)c1ccc(C(F)F)s1. The average Bonchev–Trinajstić information content (AvgIpc) is 2.93. The zero-order valence-electron chi connectivity index (χ0n) is 15.3. The number of thiophene rings is 1. The quantitative estimate of drug-likeness (QED) is 0.717. The van der Waals surface area contributed by atoms with Gasteiger partial charge in [-0.15, -0.1) is 11.3 Å². The van der Waals surface area contributed by atoms with Gasteiger partial charge in [0.25, 0.3) is 12.3 Å². The zero-order chi connectivity index (χ0) is 20.1. The second-order valence-corrected chi connectivity index (χ2v) is 9.58. The van der Waals surface area contributed by atoms with Crippen molar-refractivity contribution in [3.63, 3.8) is 0 Å². The summed E-state index contributed by atoms with van der Waals surface area (Å²) in [4.78, 5) is 24.1. The van der Waals surface area contributed by atoms with Crippen molar-refractivity contribution < 1.29 is 27.3 Å². The summed E-state index contributed by atoms with van der Waals surface area (Å²) in [6.07, 6.45) is -3.13. The molecular formula is C16H24F2N2O4S2. The Morgan fingerprint density at radius 2 is 1.88 bits per heavy atom. The first-order valence-electron chi connectivity index (χ1n) is 7.98. The van der Waals surface area contributed by atoms with Gasteiger partial charge in [0.15, 0.2) is 11.0 Å². The minimum atomic E-state index is -2.66. The first-order valence-corrected chi connectivity index (χ1v) is 9.95. The normalized spacial score (nSPS) is 14.2. The van der Waals surface area contributed by atoms with Crippen molar-refractivity contribution in [2.75, 3.05) is 0 Å². The summed E-state index contributed by atoms with van der Waals surface area (Å²) in [6, 6.07) is 1.49. The van der Waals surface area contributed by atoms with Crippen molar-refractivity contribution in [1.29, 1.82) is 0 Å². The molecule has 0 aromatic carbocycles. The van der Waals surface area contributed by atoms with Crippen molar-refractivity contribution in [1.82, 2.24) is 10.0 Å². The second-order valence-electron chi connectivity index (χ2n) is 7.02. The highest BCUT2D eigenvalue weighted by Crippen LogP contribution is 2.28. The third-order valence-corrected chi connectivity index (χ3v) is 5.39. The van der Waals surface area contributed by atoms with Gasteiger partial charge in [-0.2, -0.15) is 0 Å². The largest absolute Gasteiger partial charge is 0.444 e. The van der Waals surface area contributed by atoms with E-state index in [1.807, 2.05) is 13.8 Å². The minimum Gasteiger partial charge on any atom is -0.444 e. The molecule has 0 aliphatic rings. The Hall–Kier alpha value is -1.55. The van der Waals surface area contributed by atoms with Crippen LogP contribution in [-0.2, 0) is 20.5 Å². The molecular weight excluding hydrogens is 386 g/mol. The first-order chi connectivity index (χ1) is 11.9. The van der Waals surface area contributed by atoms with E-state index in [4.69, 9.17) is 4.74 Å². The lowest BCUT2D eigenvalue weighted by molar-refractivity contribution is -0.121. The van der Waals surface area contributed by atoms with Gasteiger partial charge in [0, 0.05) is 0 Å². The van der Waals surface area contributed by atoms with E-state index < -0.39 is 41.1 Å². The molecule has 26 heavy (non-hydrogen) atoms. The molecule has 0 fully saturated rings. The maximum Gasteiger partial charge on any atom is 0.408 e. The van der Waals surface area contributed by atoms with Gasteiger partial charge in [0.1, 0.15) is 15.9 Å². The highest BCUT2D eigenvalue weighted by Gasteiger charge is 2.27. The molecule has 10 heteroatoms. The standard InChI is InChI=1S/C16H24F2N2O4S2/c1-9(2)8-10(19-15(22)24-16(3,4)5)14(21)20-26(23)12-7-6-11(25-12)13(17)18/h6-7,9-10,13H,8H2,1-5H3,(H,19,22)(H,20,21)/t10-,26?/m0/s1. The van der Waals surface area contributed by atoms with E-state index in [0.29, 0.717) is 17.8 Å². The number of rotatable bonds is 7. The van der Waals surface area contributed by atoms with Gasteiger partial charge < -0.3 is 10.1 Å². The summed E-state index contributed by atoms with van der Waals surface area (Å²) >= 11 is 0.662. The minimum absolute atomic E-state index is 0.0706. The molecule has 0 aliphatic carbocycles. The molecule has 1 rings (SSSR count). The van der Waals surface area contributed by atoms with Crippen LogP contribution >= 0.6 is 11.3 Å². The molecule has 1 heterocycles. The van der Waals surface area contributed by atoms with Gasteiger partial charge in [-0.1, -0.05) is 13.8 Å². The van der Waals surface area contributed by atoms with E-state index in [0.717, 1.165) is 0 Å². The predicted octanol–water partition coefficient (Wildman–Crippen LogP) is 3.76. The average molecular weight is 411 g/mol. The number of ether oxygens (including phenoxy) is 1. The number of hydrogen-bond acceptors (Lipinski definition) is 5. The second kappa shape index (κ2) is 9.40. The third-order valence-electron chi connectivity index (χ3n) is 2.91. The maximum atomic E-state index is 12.6. The fraction of sp³-hybridized carbons (Fsp3) is 0.625. The van der Waals surface area contributed by atoms with Crippen LogP contribution in [0.1, 0.15) is 52.3 Å². The molecule has 148 valence electrons. The van der Waals surface area contributed by atoms with Crippen LogP contribution in [0, 0.1) is 5.92 Å². The molecule has 0 aliphatic heterocycles. The fourth-order valence-electron chi connectivity index (χ4n) is 1.92. The van der Waals surface area contributed by atoms with Crippen LogP contribution in [0.15, 0.2) is 16.3 Å². The van der Waals surface area contributed by atoms with Crippen LogP contribution in [0.5, 0.6) is 0 Å². The molecule has 2 N–H and O–H groups in total. The Balaban J connectivity index is 2.78. The van der Waals surface area contributed by atoms with E-state index in [1.165, 1.54) is 12.1 Å². The topological polar surface area (TPSA) is 84.5 Å². The summed E-state index contributed by atoms with van der Waals surface area (Å²) in [6.45, 7) is 8.80. The molecule has 0 spiro atoms. The molecule has 1 aromatic heterocycles. The van der Waals surface area contributed by atoms with Gasteiger partial charge in [0.05, 0.1) is 4.88 Å². The summed E-state index contributed by atoms with van der Waals surface area (Å²) < 4.78 is 44.9. The van der Waals surface area contributed by atoms with Crippen LogP contribution in [0.25, 0.3) is 0 Å². The predicted molar refractivity (Wildman–Crippen MR) is 96.4 cm³/mol. The lowest BCUT2D eigenvalue weighted by Crippen LogP contribution is -2.49. The van der Waals surface area contributed by atoms with E-state index >= 15 is 0 Å². The molecule has 1 aromatic rings. The van der Waals surface area contributed by atoms with Gasteiger partial charge in [-0.05, 0) is 45.2 Å². The highest BCUT2D eigenvalue weighted by molar-refractivity contribution is 7.86. The molecule has 6 nitrogen and oxygen atoms in total. The molecule has 0 radical (unpaired) electrons. The highest BCUT2D eigenvalue weighted by atomic mass is 32.2. The van der Waals surface area contributed by atoms with Crippen LogP contribution < -0.4 is 10.0 Å². The molecule has 0 saturated heterocycles. The molecule has 0 bridgehead atoms. The van der Waals surface area contributed by atoms with Crippen LogP contribution in [0.2, 0.25) is 0 Å². The third kappa shape index (κ3) is 7.77. The number of alkyl carbamates (subject to hydrolysis) is 1. The molecule has 2 amide bonds.